The molecular formula is C15H16ClN3O4. The third-order valence-corrected chi connectivity index (χ3v) is 3.86. The molecular weight excluding hydrogens is 322 g/mol. The molecule has 7 nitrogen and oxygen atoms in total. The average Bonchev–Trinajstić information content (AvgIpc) is 2.46. The van der Waals surface area contributed by atoms with E-state index in [4.69, 9.17) is 11.6 Å². The van der Waals surface area contributed by atoms with E-state index < -0.39 is 18.0 Å². The third-order valence-electron chi connectivity index (χ3n) is 3.61. The zero-order chi connectivity index (χ0) is 16.6. The molecule has 1 saturated heterocycles. The van der Waals surface area contributed by atoms with E-state index >= 15 is 0 Å². The fourth-order valence-corrected chi connectivity index (χ4v) is 2.77. The summed E-state index contributed by atoms with van der Waals surface area (Å²) in [5.41, 5.74) is 0.365. The van der Waals surface area contributed by atoms with Crippen LogP contribution < -0.4 is 16.0 Å². The van der Waals surface area contributed by atoms with E-state index in [-0.39, 0.29) is 23.0 Å². The smallest absolute Gasteiger partial charge is 0.138 e. The first-order chi connectivity index (χ1) is 10.9. The summed E-state index contributed by atoms with van der Waals surface area (Å²) in [6.07, 6.45) is -1.03. The molecule has 122 valence electrons. The van der Waals surface area contributed by atoms with E-state index in [0.29, 0.717) is 11.1 Å². The largest absolute Gasteiger partial charge is 0.508 e. The molecule has 0 saturated carbocycles. The topological polar surface area (TPSA) is 117 Å². The summed E-state index contributed by atoms with van der Waals surface area (Å²) >= 11 is 6.15. The molecule has 3 rings (SSSR count). The Kier molecular flexibility index (Phi) is 4.18. The fraction of sp³-hybridized carbons (Fsp3) is 0.200. The molecule has 1 fully saturated rings. The predicted molar refractivity (Wildman–Crippen MR) is 84.1 cm³/mol. The number of alkyl halides is 1. The molecule has 2 unspecified atom stereocenters. The van der Waals surface area contributed by atoms with Crippen LogP contribution in [-0.4, -0.2) is 26.1 Å². The maximum atomic E-state index is 9.99. The molecule has 0 aromatic heterocycles. The number of aromatic hydroxyl groups is 4. The van der Waals surface area contributed by atoms with E-state index in [1.54, 1.807) is 12.1 Å². The Morgan fingerprint density at radius 2 is 1.13 bits per heavy atom. The number of benzene rings is 2. The molecule has 1 heterocycles. The van der Waals surface area contributed by atoms with Gasteiger partial charge in [-0.3, -0.25) is 16.0 Å². The molecule has 0 spiro atoms. The Morgan fingerprint density at radius 3 is 1.52 bits per heavy atom. The maximum absolute atomic E-state index is 9.99. The van der Waals surface area contributed by atoms with Gasteiger partial charge >= 0.3 is 0 Å². The SMILES string of the molecule is Oc1ccc(C2NC(Cl)NC(c3ccc(O)cc3O)N2)c(O)c1. The van der Waals surface area contributed by atoms with Crippen molar-refractivity contribution in [2.45, 2.75) is 18.0 Å². The highest BCUT2D eigenvalue weighted by Crippen LogP contribution is 2.33. The number of halogens is 1. The van der Waals surface area contributed by atoms with Crippen LogP contribution in [0.15, 0.2) is 36.4 Å². The van der Waals surface area contributed by atoms with Crippen LogP contribution in [0.25, 0.3) is 0 Å². The molecule has 0 radical (unpaired) electrons. The summed E-state index contributed by atoms with van der Waals surface area (Å²) < 4.78 is 0. The van der Waals surface area contributed by atoms with Gasteiger partial charge in [0.1, 0.15) is 28.6 Å². The minimum Gasteiger partial charge on any atom is -0.508 e. The van der Waals surface area contributed by atoms with Crippen LogP contribution in [-0.2, 0) is 0 Å². The predicted octanol–water partition coefficient (Wildman–Crippen LogP) is 1.51. The van der Waals surface area contributed by atoms with E-state index in [1.165, 1.54) is 24.3 Å². The van der Waals surface area contributed by atoms with Gasteiger partial charge < -0.3 is 20.4 Å². The Labute approximate surface area is 137 Å². The quantitative estimate of drug-likeness (QED) is 0.328. The number of rotatable bonds is 2. The minimum atomic E-state index is -0.632. The van der Waals surface area contributed by atoms with Gasteiger partial charge in [-0.05, 0) is 24.3 Å². The van der Waals surface area contributed by atoms with E-state index in [9.17, 15) is 20.4 Å². The van der Waals surface area contributed by atoms with E-state index in [1.807, 2.05) is 0 Å². The molecule has 1 aliphatic rings. The van der Waals surface area contributed by atoms with Gasteiger partial charge in [-0.15, -0.1) is 0 Å². The molecule has 0 amide bonds. The van der Waals surface area contributed by atoms with Gasteiger partial charge in [0.15, 0.2) is 0 Å². The van der Waals surface area contributed by atoms with Crippen molar-refractivity contribution in [3.05, 3.63) is 47.5 Å². The van der Waals surface area contributed by atoms with Crippen LogP contribution >= 0.6 is 11.6 Å². The third kappa shape index (κ3) is 3.27. The van der Waals surface area contributed by atoms with Gasteiger partial charge in [-0.25, -0.2) is 0 Å². The summed E-state index contributed by atoms with van der Waals surface area (Å²) in [5, 5.41) is 47.9. The van der Waals surface area contributed by atoms with Gasteiger partial charge in [-0.1, -0.05) is 11.6 Å². The lowest BCUT2D eigenvalue weighted by Crippen LogP contribution is -2.56. The van der Waals surface area contributed by atoms with Gasteiger partial charge in [0.25, 0.3) is 0 Å². The van der Waals surface area contributed by atoms with Crippen LogP contribution in [0.2, 0.25) is 0 Å². The van der Waals surface area contributed by atoms with Crippen molar-refractivity contribution in [2.75, 3.05) is 0 Å². The number of hydrogen-bond acceptors (Lipinski definition) is 7. The Bertz CT molecular complexity index is 668. The lowest BCUT2D eigenvalue weighted by molar-refractivity contribution is 0.238. The van der Waals surface area contributed by atoms with Crippen molar-refractivity contribution >= 4 is 11.6 Å². The zero-order valence-corrected chi connectivity index (χ0v) is 12.6. The number of hydrogen-bond donors (Lipinski definition) is 7. The standard InChI is InChI=1S/C15H16ClN3O4/c16-15-18-13(9-3-1-7(20)5-11(9)22)17-14(19-15)10-4-2-8(21)6-12(10)23/h1-6,13-15,17-23H. The molecule has 2 aromatic carbocycles. The monoisotopic (exact) mass is 337 g/mol. The second kappa shape index (κ2) is 6.13. The second-order valence-corrected chi connectivity index (χ2v) is 5.65. The summed E-state index contributed by atoms with van der Waals surface area (Å²) in [5.74, 6) is -0.269. The lowest BCUT2D eigenvalue weighted by atomic mass is 10.1. The molecule has 8 heteroatoms. The summed E-state index contributed by atoms with van der Waals surface area (Å²) in [6.45, 7) is 0. The van der Waals surface area contributed by atoms with Gasteiger partial charge in [0, 0.05) is 23.3 Å². The first-order valence-electron chi connectivity index (χ1n) is 6.90. The molecule has 7 N–H and O–H groups in total. The Morgan fingerprint density at radius 1 is 0.696 bits per heavy atom. The first kappa shape index (κ1) is 15.7. The van der Waals surface area contributed by atoms with Crippen LogP contribution in [0.1, 0.15) is 23.5 Å². The van der Waals surface area contributed by atoms with Crippen molar-refractivity contribution in [3.63, 3.8) is 0 Å². The van der Waals surface area contributed by atoms with Gasteiger partial charge in [-0.2, -0.15) is 0 Å². The molecule has 0 bridgehead atoms. The van der Waals surface area contributed by atoms with Crippen molar-refractivity contribution in [1.29, 1.82) is 0 Å². The van der Waals surface area contributed by atoms with Crippen LogP contribution in [0.3, 0.4) is 0 Å². The molecule has 23 heavy (non-hydrogen) atoms. The number of phenolic OH excluding ortho intramolecular Hbond substituents is 4. The molecule has 1 aliphatic heterocycles. The minimum absolute atomic E-state index is 0.0460. The van der Waals surface area contributed by atoms with Crippen molar-refractivity contribution in [2.24, 2.45) is 0 Å². The summed E-state index contributed by atoms with van der Waals surface area (Å²) in [6, 6.07) is 8.51. The second-order valence-electron chi connectivity index (χ2n) is 5.21. The van der Waals surface area contributed by atoms with Crippen LogP contribution in [0.4, 0.5) is 0 Å². The fourth-order valence-electron chi connectivity index (χ4n) is 2.52. The zero-order valence-electron chi connectivity index (χ0n) is 11.9. The lowest BCUT2D eigenvalue weighted by Gasteiger charge is -2.37. The molecule has 2 aromatic rings. The number of phenols is 4. The highest BCUT2D eigenvalue weighted by molar-refractivity contribution is 6.20. The Hall–Kier alpha value is -2.19. The van der Waals surface area contributed by atoms with Crippen molar-refractivity contribution < 1.29 is 20.4 Å². The average molecular weight is 338 g/mol. The molecule has 0 aliphatic carbocycles. The van der Waals surface area contributed by atoms with E-state index in [2.05, 4.69) is 16.0 Å². The van der Waals surface area contributed by atoms with Crippen LogP contribution in [0.5, 0.6) is 23.0 Å². The summed E-state index contributed by atoms with van der Waals surface area (Å²) in [4.78, 5) is 0. The van der Waals surface area contributed by atoms with Crippen molar-refractivity contribution in [3.8, 4) is 23.0 Å². The molecule has 2 atom stereocenters. The highest BCUT2D eigenvalue weighted by Gasteiger charge is 2.30. The normalized spacial score (nSPS) is 24.5. The number of nitrogens with one attached hydrogen (secondary N) is 3. The van der Waals surface area contributed by atoms with Crippen molar-refractivity contribution in [1.82, 2.24) is 16.0 Å². The van der Waals surface area contributed by atoms with E-state index in [0.717, 1.165) is 0 Å². The summed E-state index contributed by atoms with van der Waals surface area (Å²) in [7, 11) is 0. The first-order valence-corrected chi connectivity index (χ1v) is 7.33. The van der Waals surface area contributed by atoms with Gasteiger partial charge in [0.05, 0.1) is 12.3 Å². The highest BCUT2D eigenvalue weighted by atomic mass is 35.5. The Balaban J connectivity index is 1.90. The van der Waals surface area contributed by atoms with Gasteiger partial charge in [0.2, 0.25) is 0 Å². The van der Waals surface area contributed by atoms with Crippen LogP contribution in [0, 0.1) is 0 Å². The maximum Gasteiger partial charge on any atom is 0.138 e.